The lowest BCUT2D eigenvalue weighted by molar-refractivity contribution is -0.492. The molecule has 0 radical (unpaired) electrons. The predicted molar refractivity (Wildman–Crippen MR) is 117 cm³/mol. The molecule has 2 aliphatic carbocycles. The number of carbonyl (C=O) groups excluding carboxylic acids is 2. The van der Waals surface area contributed by atoms with E-state index >= 15 is 0 Å². The largest absolute Gasteiger partial charge is 0.457 e. The van der Waals surface area contributed by atoms with Crippen LogP contribution in [0.4, 0.5) is 0 Å². The molecule has 182 valence electrons. The fourth-order valence-corrected chi connectivity index (χ4v) is 6.66. The van der Waals surface area contributed by atoms with Crippen molar-refractivity contribution in [2.45, 2.75) is 64.1 Å². The Hall–Kier alpha value is -2.10. The van der Waals surface area contributed by atoms with Crippen LogP contribution in [0.15, 0.2) is 23.8 Å². The maximum atomic E-state index is 13.7. The smallest absolute Gasteiger partial charge is 0.335 e. The summed E-state index contributed by atoms with van der Waals surface area (Å²) >= 11 is 0. The van der Waals surface area contributed by atoms with Gasteiger partial charge in [0.1, 0.15) is 17.5 Å². The molecule has 9 nitrogen and oxygen atoms in total. The van der Waals surface area contributed by atoms with Gasteiger partial charge in [-0.2, -0.15) is 0 Å². The van der Waals surface area contributed by atoms with E-state index in [9.17, 15) is 24.8 Å². The number of carbonyl (C=O) groups is 2. The summed E-state index contributed by atoms with van der Waals surface area (Å²) in [6.07, 6.45) is 3.01. The lowest BCUT2D eigenvalue weighted by Gasteiger charge is -2.45. The summed E-state index contributed by atoms with van der Waals surface area (Å²) in [5.74, 6) is -3.06. The van der Waals surface area contributed by atoms with Gasteiger partial charge in [0, 0.05) is 35.7 Å². The number of aliphatic hydroxyl groups excluding tert-OH is 1. The Bertz CT molecular complexity index is 897. The van der Waals surface area contributed by atoms with Gasteiger partial charge in [-0.3, -0.25) is 14.9 Å². The molecule has 0 aromatic rings. The molecule has 0 aromatic heterocycles. The van der Waals surface area contributed by atoms with Gasteiger partial charge in [-0.1, -0.05) is 32.1 Å². The molecule has 1 spiro atoms. The van der Waals surface area contributed by atoms with Crippen LogP contribution in [0, 0.1) is 45.6 Å². The minimum absolute atomic E-state index is 0.0315. The zero-order chi connectivity index (χ0) is 24.2. The number of methoxy groups -OCH3 is 1. The summed E-state index contributed by atoms with van der Waals surface area (Å²) in [4.78, 5) is 37.6. The summed E-state index contributed by atoms with van der Waals surface area (Å²) in [5.41, 5.74) is -0.199. The highest BCUT2D eigenvalue weighted by Crippen LogP contribution is 2.60. The van der Waals surface area contributed by atoms with Gasteiger partial charge < -0.3 is 19.3 Å². The number of Topliss-reactive ketones (excluding diaryl/α,β-unsaturated/α-hetero) is 1. The Morgan fingerprint density at radius 1 is 1.33 bits per heavy atom. The van der Waals surface area contributed by atoms with Crippen molar-refractivity contribution in [2.75, 3.05) is 13.7 Å². The van der Waals surface area contributed by atoms with Crippen molar-refractivity contribution >= 4 is 11.8 Å². The Morgan fingerprint density at radius 2 is 2.03 bits per heavy atom. The number of ketones is 1. The molecule has 1 N–H and O–H groups in total. The van der Waals surface area contributed by atoms with Gasteiger partial charge in [-0.25, -0.2) is 4.79 Å². The monoisotopic (exact) mass is 463 g/mol. The molecule has 11 atom stereocenters. The van der Waals surface area contributed by atoms with E-state index in [0.717, 1.165) is 5.57 Å². The number of nitrogens with zero attached hydrogens (tertiary/aromatic N) is 1. The molecule has 33 heavy (non-hydrogen) atoms. The number of ether oxygens (including phenoxy) is 3. The highest BCUT2D eigenvalue weighted by molar-refractivity contribution is 5.88. The number of hydrogen-bond acceptors (Lipinski definition) is 8. The first kappa shape index (κ1) is 24.0. The number of rotatable bonds is 4. The SMILES string of the molecule is COC1C[C@H]2C=C[C@H]3[C@H]4O[C@]2(/C(C)=C/[C@@H](C)[C@@H]([C@@H](C)O)OC1=O)[C@@H]3C(=O)C(C)[C@H]4C[N+](=O)[O-]. The molecule has 1 saturated carbocycles. The van der Waals surface area contributed by atoms with E-state index in [1.807, 2.05) is 32.1 Å². The summed E-state index contributed by atoms with van der Waals surface area (Å²) in [5, 5.41) is 21.7. The molecule has 2 aliphatic heterocycles. The van der Waals surface area contributed by atoms with Crippen molar-refractivity contribution in [2.24, 2.45) is 35.5 Å². The van der Waals surface area contributed by atoms with Crippen LogP contribution in [-0.2, 0) is 23.8 Å². The van der Waals surface area contributed by atoms with Crippen LogP contribution < -0.4 is 0 Å². The van der Waals surface area contributed by atoms with E-state index in [2.05, 4.69) is 0 Å². The lowest BCUT2D eigenvalue weighted by Crippen LogP contribution is -2.54. The second kappa shape index (κ2) is 8.60. The zero-order valence-electron chi connectivity index (χ0n) is 19.7. The Kier molecular flexibility index (Phi) is 6.26. The molecule has 0 aromatic carbocycles. The lowest BCUT2D eigenvalue weighted by atomic mass is 9.56. The summed E-state index contributed by atoms with van der Waals surface area (Å²) < 4.78 is 17.9. The van der Waals surface area contributed by atoms with E-state index in [0.29, 0.717) is 0 Å². The van der Waals surface area contributed by atoms with E-state index in [4.69, 9.17) is 14.2 Å². The van der Waals surface area contributed by atoms with Gasteiger partial charge in [-0.05, 0) is 25.8 Å². The minimum atomic E-state index is -1.02. The van der Waals surface area contributed by atoms with E-state index < -0.39 is 53.7 Å². The fraction of sp³-hybridized carbons (Fsp3) is 0.750. The maximum Gasteiger partial charge on any atom is 0.335 e. The third-order valence-electron chi connectivity index (χ3n) is 8.24. The molecule has 1 saturated heterocycles. The van der Waals surface area contributed by atoms with Crippen LogP contribution in [0.5, 0.6) is 0 Å². The minimum Gasteiger partial charge on any atom is -0.457 e. The second-order valence-electron chi connectivity index (χ2n) is 10.1. The third-order valence-corrected chi connectivity index (χ3v) is 8.24. The molecule has 2 fully saturated rings. The first-order chi connectivity index (χ1) is 15.5. The van der Waals surface area contributed by atoms with Crippen molar-refractivity contribution in [1.29, 1.82) is 0 Å². The van der Waals surface area contributed by atoms with Gasteiger partial charge in [0.15, 0.2) is 6.10 Å². The van der Waals surface area contributed by atoms with Crippen molar-refractivity contribution in [1.82, 2.24) is 0 Å². The van der Waals surface area contributed by atoms with Gasteiger partial charge >= 0.3 is 5.97 Å². The molecular weight excluding hydrogens is 430 g/mol. The molecule has 4 rings (SSSR count). The topological polar surface area (TPSA) is 125 Å². The van der Waals surface area contributed by atoms with Crippen LogP contribution in [0.3, 0.4) is 0 Å². The average molecular weight is 464 g/mol. The van der Waals surface area contributed by atoms with Crippen molar-refractivity contribution in [3.05, 3.63) is 33.9 Å². The molecule has 4 aliphatic rings. The fourth-order valence-electron chi connectivity index (χ4n) is 6.66. The Labute approximate surface area is 193 Å². The number of hydrogen-bond donors (Lipinski definition) is 1. The number of cyclic esters (lactones) is 1. The van der Waals surface area contributed by atoms with Crippen LogP contribution >= 0.6 is 0 Å². The van der Waals surface area contributed by atoms with E-state index in [1.165, 1.54) is 7.11 Å². The maximum absolute atomic E-state index is 13.7. The summed E-state index contributed by atoms with van der Waals surface area (Å²) in [6.45, 7) is 6.76. The average Bonchev–Trinajstić information content (AvgIpc) is 2.94. The normalized spacial score (nSPS) is 47.2. The zero-order valence-corrected chi connectivity index (χ0v) is 19.7. The van der Waals surface area contributed by atoms with Crippen molar-refractivity contribution in [3.8, 4) is 0 Å². The second-order valence-corrected chi connectivity index (χ2v) is 10.1. The first-order valence-corrected chi connectivity index (χ1v) is 11.6. The Balaban J connectivity index is 1.86. The molecule has 0 amide bonds. The molecular formula is C24H33NO8. The molecule has 4 bridgehead atoms. The van der Waals surface area contributed by atoms with Crippen LogP contribution in [0.1, 0.15) is 34.1 Å². The Morgan fingerprint density at radius 3 is 2.64 bits per heavy atom. The number of aliphatic hydroxyl groups is 1. The molecule has 2 heterocycles. The first-order valence-electron chi connectivity index (χ1n) is 11.6. The predicted octanol–water partition coefficient (Wildman–Crippen LogP) is 1.95. The molecule has 9 heteroatoms. The van der Waals surface area contributed by atoms with E-state index in [1.54, 1.807) is 13.8 Å². The summed E-state index contributed by atoms with van der Waals surface area (Å²) in [6, 6.07) is 0. The van der Waals surface area contributed by atoms with Crippen molar-refractivity contribution in [3.63, 3.8) is 0 Å². The van der Waals surface area contributed by atoms with Gasteiger partial charge in [0.05, 0.1) is 24.0 Å². The van der Waals surface area contributed by atoms with Crippen LogP contribution in [0.25, 0.3) is 0 Å². The summed E-state index contributed by atoms with van der Waals surface area (Å²) in [7, 11) is 1.43. The highest BCUT2D eigenvalue weighted by Gasteiger charge is 2.69. The van der Waals surface area contributed by atoms with Gasteiger partial charge in [-0.15, -0.1) is 0 Å². The van der Waals surface area contributed by atoms with E-state index in [-0.39, 0.29) is 41.4 Å². The molecule has 2 unspecified atom stereocenters. The van der Waals surface area contributed by atoms with Crippen molar-refractivity contribution < 1.29 is 33.8 Å². The van der Waals surface area contributed by atoms with Gasteiger partial charge in [0.2, 0.25) is 6.54 Å². The third kappa shape index (κ3) is 3.65. The number of esters is 1. The van der Waals surface area contributed by atoms with Gasteiger partial charge in [0.25, 0.3) is 0 Å². The van der Waals surface area contributed by atoms with Crippen LogP contribution in [0.2, 0.25) is 0 Å². The van der Waals surface area contributed by atoms with Crippen LogP contribution in [-0.4, -0.2) is 65.5 Å². The quantitative estimate of drug-likeness (QED) is 0.290. The standard InChI is InChI=1S/C24H33NO8/c1-11-8-12(2)24-15(9-18(31-5)23(28)32-21(11)14(4)26)6-7-16-19(24)20(27)13(3)17(10-25(29)30)22(16)33-24/h6-8,11,13-19,21-22,26H,9-10H2,1-5H3/b12-8+/t11-,13?,14-,15-,16-,17-,18?,19+,21+,22-,24+/m1/s1. The highest BCUT2D eigenvalue weighted by atomic mass is 16.6. The number of nitro groups is 1.